The van der Waals surface area contributed by atoms with E-state index in [2.05, 4.69) is 27.6 Å². The van der Waals surface area contributed by atoms with Crippen molar-refractivity contribution >= 4 is 5.96 Å². The summed E-state index contributed by atoms with van der Waals surface area (Å²) in [6.07, 6.45) is 7.64. The standard InChI is InChI=1S/C17H30N6O/c1-2-18-17(19-7-4-10-23-11-5-8-21-23)20-12-16-13-22-9-3-6-15(22)14-24-16/h5,8,11,15-16H,2-4,6-7,9-10,12-14H2,1H3,(H2,18,19,20). The number of nitrogens with zero attached hydrogens (tertiary/aromatic N) is 4. The fourth-order valence-electron chi connectivity index (χ4n) is 3.41. The van der Waals surface area contributed by atoms with Gasteiger partial charge in [0.2, 0.25) is 0 Å². The molecule has 3 heterocycles. The number of nitrogens with one attached hydrogen (secondary N) is 2. The average molecular weight is 334 g/mol. The predicted molar refractivity (Wildman–Crippen MR) is 95.2 cm³/mol. The number of morpholine rings is 1. The molecule has 0 aliphatic carbocycles. The van der Waals surface area contributed by atoms with Crippen molar-refractivity contribution in [1.82, 2.24) is 25.3 Å². The van der Waals surface area contributed by atoms with Gasteiger partial charge in [0.05, 0.1) is 19.3 Å². The maximum absolute atomic E-state index is 5.98. The van der Waals surface area contributed by atoms with E-state index in [1.165, 1.54) is 19.4 Å². The molecule has 1 aromatic heterocycles. The van der Waals surface area contributed by atoms with E-state index in [4.69, 9.17) is 9.73 Å². The van der Waals surface area contributed by atoms with Gasteiger partial charge in [-0.2, -0.15) is 5.10 Å². The summed E-state index contributed by atoms with van der Waals surface area (Å²) in [5, 5.41) is 10.9. The molecule has 0 aromatic carbocycles. The number of hydrogen-bond acceptors (Lipinski definition) is 4. The highest BCUT2D eigenvalue weighted by Gasteiger charge is 2.31. The van der Waals surface area contributed by atoms with Crippen molar-refractivity contribution in [2.24, 2.45) is 4.99 Å². The molecule has 24 heavy (non-hydrogen) atoms. The van der Waals surface area contributed by atoms with Gasteiger partial charge in [0.15, 0.2) is 5.96 Å². The Kier molecular flexibility index (Phi) is 6.48. The minimum atomic E-state index is 0.221. The van der Waals surface area contributed by atoms with E-state index < -0.39 is 0 Å². The van der Waals surface area contributed by atoms with Crippen molar-refractivity contribution < 1.29 is 4.74 Å². The van der Waals surface area contributed by atoms with Crippen molar-refractivity contribution in [3.8, 4) is 0 Å². The molecule has 3 rings (SSSR count). The summed E-state index contributed by atoms with van der Waals surface area (Å²) in [5.41, 5.74) is 0. The van der Waals surface area contributed by atoms with Crippen LogP contribution in [0.25, 0.3) is 0 Å². The Labute approximate surface area is 144 Å². The summed E-state index contributed by atoms with van der Waals surface area (Å²) >= 11 is 0. The highest BCUT2D eigenvalue weighted by molar-refractivity contribution is 5.79. The second-order valence-electron chi connectivity index (χ2n) is 6.52. The van der Waals surface area contributed by atoms with Crippen LogP contribution >= 0.6 is 0 Å². The number of guanidine groups is 1. The number of aliphatic imine (C=N–C) groups is 1. The molecule has 2 fully saturated rings. The van der Waals surface area contributed by atoms with Gasteiger partial charge in [-0.3, -0.25) is 14.6 Å². The number of fused-ring (bicyclic) bond motifs is 1. The molecule has 7 nitrogen and oxygen atoms in total. The molecule has 0 radical (unpaired) electrons. The van der Waals surface area contributed by atoms with Crippen LogP contribution in [0.3, 0.4) is 0 Å². The molecule has 2 unspecified atom stereocenters. The van der Waals surface area contributed by atoms with Crippen LogP contribution < -0.4 is 10.6 Å². The molecule has 1 aromatic rings. The van der Waals surface area contributed by atoms with Crippen LogP contribution in [0.1, 0.15) is 26.2 Å². The van der Waals surface area contributed by atoms with E-state index in [1.54, 1.807) is 0 Å². The van der Waals surface area contributed by atoms with Crippen LogP contribution in [-0.4, -0.2) is 72.1 Å². The summed E-state index contributed by atoms with van der Waals surface area (Å²) in [7, 11) is 0. The van der Waals surface area contributed by atoms with E-state index >= 15 is 0 Å². The van der Waals surface area contributed by atoms with Gasteiger partial charge in [-0.25, -0.2) is 0 Å². The van der Waals surface area contributed by atoms with Crippen molar-refractivity contribution in [2.45, 2.75) is 44.9 Å². The zero-order valence-electron chi connectivity index (χ0n) is 14.7. The smallest absolute Gasteiger partial charge is 0.191 e. The number of aromatic nitrogens is 2. The zero-order chi connectivity index (χ0) is 16.6. The Morgan fingerprint density at radius 2 is 2.38 bits per heavy atom. The van der Waals surface area contributed by atoms with Crippen LogP contribution in [0.15, 0.2) is 23.5 Å². The number of aryl methyl sites for hydroxylation is 1. The fraction of sp³-hybridized carbons (Fsp3) is 0.765. The molecule has 134 valence electrons. The number of ether oxygens (including phenoxy) is 1. The predicted octanol–water partition coefficient (Wildman–Crippen LogP) is 0.692. The van der Waals surface area contributed by atoms with Gasteiger partial charge in [-0.1, -0.05) is 0 Å². The Hall–Kier alpha value is -1.60. The molecule has 2 saturated heterocycles. The highest BCUT2D eigenvalue weighted by atomic mass is 16.5. The Morgan fingerprint density at radius 3 is 3.21 bits per heavy atom. The largest absolute Gasteiger partial charge is 0.373 e. The second kappa shape index (κ2) is 9.03. The van der Waals surface area contributed by atoms with Crippen LogP contribution in [0.2, 0.25) is 0 Å². The van der Waals surface area contributed by atoms with Crippen LogP contribution in [0.5, 0.6) is 0 Å². The molecule has 0 saturated carbocycles. The topological polar surface area (TPSA) is 66.7 Å². The number of hydrogen-bond donors (Lipinski definition) is 2. The minimum Gasteiger partial charge on any atom is -0.373 e. The van der Waals surface area contributed by atoms with Gasteiger partial charge in [-0.15, -0.1) is 0 Å². The SMILES string of the molecule is CCNC(=NCC1CN2CCCC2CO1)NCCCn1cccn1. The highest BCUT2D eigenvalue weighted by Crippen LogP contribution is 2.22. The number of rotatable bonds is 7. The lowest BCUT2D eigenvalue weighted by atomic mass is 10.2. The molecule has 0 amide bonds. The lowest BCUT2D eigenvalue weighted by Gasteiger charge is -2.34. The van der Waals surface area contributed by atoms with E-state index in [0.29, 0.717) is 6.04 Å². The Morgan fingerprint density at radius 1 is 1.42 bits per heavy atom. The Bertz CT molecular complexity index is 503. The van der Waals surface area contributed by atoms with Gasteiger partial charge < -0.3 is 15.4 Å². The van der Waals surface area contributed by atoms with Crippen LogP contribution in [0, 0.1) is 0 Å². The summed E-state index contributed by atoms with van der Waals surface area (Å²) in [6, 6.07) is 2.60. The lowest BCUT2D eigenvalue weighted by molar-refractivity contribution is -0.0432. The van der Waals surface area contributed by atoms with Gasteiger partial charge in [0.1, 0.15) is 0 Å². The average Bonchev–Trinajstić information content (AvgIpc) is 3.27. The maximum atomic E-state index is 5.98. The van der Waals surface area contributed by atoms with E-state index in [-0.39, 0.29) is 6.10 Å². The van der Waals surface area contributed by atoms with Gasteiger partial charge >= 0.3 is 0 Å². The molecular formula is C17H30N6O. The minimum absolute atomic E-state index is 0.221. The van der Waals surface area contributed by atoms with Gasteiger partial charge in [-0.05, 0) is 38.8 Å². The third-order valence-electron chi connectivity index (χ3n) is 4.67. The van der Waals surface area contributed by atoms with E-state index in [1.807, 2.05) is 23.1 Å². The molecule has 0 bridgehead atoms. The van der Waals surface area contributed by atoms with Gasteiger partial charge in [0, 0.05) is 44.6 Å². The first-order valence-electron chi connectivity index (χ1n) is 9.20. The second-order valence-corrected chi connectivity index (χ2v) is 6.52. The molecular weight excluding hydrogens is 304 g/mol. The lowest BCUT2D eigenvalue weighted by Crippen LogP contribution is -2.47. The van der Waals surface area contributed by atoms with Crippen molar-refractivity contribution in [2.75, 3.05) is 39.3 Å². The monoisotopic (exact) mass is 334 g/mol. The third-order valence-corrected chi connectivity index (χ3v) is 4.67. The molecule has 2 aliphatic rings. The summed E-state index contributed by atoms with van der Waals surface area (Å²) < 4.78 is 7.93. The van der Waals surface area contributed by atoms with E-state index in [9.17, 15) is 0 Å². The van der Waals surface area contributed by atoms with E-state index in [0.717, 1.165) is 51.7 Å². The first-order chi connectivity index (χ1) is 11.8. The zero-order valence-corrected chi connectivity index (χ0v) is 14.7. The quantitative estimate of drug-likeness (QED) is 0.436. The normalized spacial score (nSPS) is 24.8. The van der Waals surface area contributed by atoms with Crippen molar-refractivity contribution in [3.05, 3.63) is 18.5 Å². The molecule has 7 heteroatoms. The molecule has 0 spiro atoms. The third kappa shape index (κ3) is 4.95. The summed E-state index contributed by atoms with van der Waals surface area (Å²) in [6.45, 7) is 8.59. The Balaban J connectivity index is 1.39. The van der Waals surface area contributed by atoms with Crippen molar-refractivity contribution in [3.63, 3.8) is 0 Å². The first kappa shape index (κ1) is 17.2. The maximum Gasteiger partial charge on any atom is 0.191 e. The fourth-order valence-corrected chi connectivity index (χ4v) is 3.41. The van der Waals surface area contributed by atoms with Crippen LogP contribution in [-0.2, 0) is 11.3 Å². The molecule has 2 N–H and O–H groups in total. The molecule has 2 atom stereocenters. The summed E-state index contributed by atoms with van der Waals surface area (Å²) in [5.74, 6) is 0.880. The first-order valence-corrected chi connectivity index (χ1v) is 9.20. The van der Waals surface area contributed by atoms with Gasteiger partial charge in [0.25, 0.3) is 0 Å². The summed E-state index contributed by atoms with van der Waals surface area (Å²) in [4.78, 5) is 7.27. The van der Waals surface area contributed by atoms with Crippen molar-refractivity contribution in [1.29, 1.82) is 0 Å². The van der Waals surface area contributed by atoms with Crippen LogP contribution in [0.4, 0.5) is 0 Å². The molecule has 2 aliphatic heterocycles.